The molecular weight excluding hydrogens is 400 g/mol. The summed E-state index contributed by atoms with van der Waals surface area (Å²) < 4.78 is 0. The maximum absolute atomic E-state index is 13.2. The van der Waals surface area contributed by atoms with E-state index in [2.05, 4.69) is 10.6 Å². The fourth-order valence-corrected chi connectivity index (χ4v) is 6.38. The number of aliphatic carboxylic acids is 1. The van der Waals surface area contributed by atoms with E-state index < -0.39 is 17.8 Å². The number of carboxylic acids is 1. The molecule has 1 aromatic heterocycles. The lowest BCUT2D eigenvalue weighted by atomic mass is 9.76. The number of carbonyl (C=O) groups excluding carboxylic acids is 2. The number of fused-ring (bicyclic) bond motifs is 1. The molecule has 0 bridgehead atoms. The fourth-order valence-electron chi connectivity index (χ4n) is 5.09. The summed E-state index contributed by atoms with van der Waals surface area (Å²) in [6.45, 7) is 3.91. The van der Waals surface area contributed by atoms with E-state index in [9.17, 15) is 19.5 Å². The molecule has 30 heavy (non-hydrogen) atoms. The van der Waals surface area contributed by atoms with E-state index in [0.29, 0.717) is 23.4 Å². The average molecular weight is 431 g/mol. The Labute approximate surface area is 181 Å². The van der Waals surface area contributed by atoms with Gasteiger partial charge in [0, 0.05) is 10.9 Å². The first-order chi connectivity index (χ1) is 14.3. The van der Waals surface area contributed by atoms with Crippen molar-refractivity contribution in [2.45, 2.75) is 77.7 Å². The highest BCUT2D eigenvalue weighted by atomic mass is 32.1. The molecule has 1 saturated carbocycles. The Morgan fingerprint density at radius 1 is 0.967 bits per heavy atom. The molecular formula is C23H30N2O4S. The van der Waals surface area contributed by atoms with E-state index in [1.807, 2.05) is 13.8 Å². The third-order valence-electron chi connectivity index (χ3n) is 7.00. The van der Waals surface area contributed by atoms with Crippen LogP contribution < -0.4 is 10.6 Å². The number of amides is 2. The second-order valence-corrected chi connectivity index (χ2v) is 10.1. The number of nitrogens with one attached hydrogen (secondary N) is 2. The molecule has 7 heteroatoms. The van der Waals surface area contributed by atoms with Crippen LogP contribution in [0.15, 0.2) is 11.1 Å². The predicted molar refractivity (Wildman–Crippen MR) is 117 cm³/mol. The van der Waals surface area contributed by atoms with Crippen molar-refractivity contribution in [1.82, 2.24) is 5.32 Å². The van der Waals surface area contributed by atoms with Crippen LogP contribution in [-0.2, 0) is 22.4 Å². The van der Waals surface area contributed by atoms with Gasteiger partial charge in [0.1, 0.15) is 5.00 Å². The number of hydrogen-bond acceptors (Lipinski definition) is 4. The van der Waals surface area contributed by atoms with Crippen LogP contribution in [0.5, 0.6) is 0 Å². The lowest BCUT2D eigenvalue weighted by Crippen LogP contribution is -2.37. The van der Waals surface area contributed by atoms with Crippen molar-refractivity contribution in [3.63, 3.8) is 0 Å². The summed E-state index contributed by atoms with van der Waals surface area (Å²) in [5, 5.41) is 16.4. The summed E-state index contributed by atoms with van der Waals surface area (Å²) in [5.74, 6) is -2.66. The maximum Gasteiger partial charge on any atom is 0.307 e. The quantitative estimate of drug-likeness (QED) is 0.607. The van der Waals surface area contributed by atoms with Gasteiger partial charge in [0.15, 0.2) is 0 Å². The largest absolute Gasteiger partial charge is 0.481 e. The molecule has 3 aliphatic rings. The third-order valence-corrected chi connectivity index (χ3v) is 8.20. The van der Waals surface area contributed by atoms with Crippen LogP contribution in [0.25, 0.3) is 0 Å². The Morgan fingerprint density at radius 2 is 1.63 bits per heavy atom. The number of rotatable bonds is 5. The predicted octanol–water partition coefficient (Wildman–Crippen LogP) is 4.29. The van der Waals surface area contributed by atoms with Gasteiger partial charge in [-0.3, -0.25) is 14.4 Å². The molecule has 1 aromatic rings. The van der Waals surface area contributed by atoms with Gasteiger partial charge >= 0.3 is 5.97 Å². The normalized spacial score (nSPS) is 24.1. The van der Waals surface area contributed by atoms with Gasteiger partial charge in [0.05, 0.1) is 17.4 Å². The van der Waals surface area contributed by atoms with E-state index in [0.717, 1.165) is 61.7 Å². The minimum absolute atomic E-state index is 0.0954. The average Bonchev–Trinajstić information content (AvgIpc) is 3.41. The number of carboxylic acid groups (broad SMARTS) is 1. The number of thiophene rings is 1. The summed E-state index contributed by atoms with van der Waals surface area (Å²) in [4.78, 5) is 39.2. The van der Waals surface area contributed by atoms with Crippen molar-refractivity contribution in [2.75, 3.05) is 5.32 Å². The van der Waals surface area contributed by atoms with Crippen LogP contribution in [0.2, 0.25) is 0 Å². The van der Waals surface area contributed by atoms with Gasteiger partial charge in [0.2, 0.25) is 5.91 Å². The third kappa shape index (κ3) is 4.04. The van der Waals surface area contributed by atoms with Crippen LogP contribution in [-0.4, -0.2) is 28.9 Å². The first-order valence-electron chi connectivity index (χ1n) is 11.0. The van der Waals surface area contributed by atoms with Crippen molar-refractivity contribution in [3.05, 3.63) is 27.2 Å². The first kappa shape index (κ1) is 21.1. The standard InChI is InChI=1S/C23H30N2O4S/c1-12-10-16(17(23(28)29)11-13(12)2)20(26)25-22-19(15-8-5-9-18(15)30-22)21(27)24-14-6-3-4-7-14/h14,16-17H,3-11H2,1-2H3,(H,24,27)(H,25,26)(H,28,29)/t16-,17-/m1/s1. The molecule has 2 atom stereocenters. The zero-order valence-corrected chi connectivity index (χ0v) is 18.5. The Morgan fingerprint density at radius 3 is 2.30 bits per heavy atom. The second-order valence-electron chi connectivity index (χ2n) is 9.03. The molecule has 3 N–H and O–H groups in total. The van der Waals surface area contributed by atoms with Crippen LogP contribution >= 0.6 is 11.3 Å². The first-order valence-corrected chi connectivity index (χ1v) is 11.8. The van der Waals surface area contributed by atoms with Crippen molar-refractivity contribution in [2.24, 2.45) is 11.8 Å². The van der Waals surface area contributed by atoms with Gasteiger partial charge in [-0.1, -0.05) is 24.0 Å². The molecule has 0 saturated heterocycles. The molecule has 2 amide bonds. The Kier molecular flexibility index (Phi) is 6.00. The zero-order valence-electron chi connectivity index (χ0n) is 17.7. The highest BCUT2D eigenvalue weighted by molar-refractivity contribution is 7.17. The van der Waals surface area contributed by atoms with Crippen molar-refractivity contribution >= 4 is 34.1 Å². The second kappa shape index (κ2) is 8.53. The zero-order chi connectivity index (χ0) is 21.4. The topological polar surface area (TPSA) is 95.5 Å². The van der Waals surface area contributed by atoms with Gasteiger partial charge in [-0.15, -0.1) is 11.3 Å². The van der Waals surface area contributed by atoms with E-state index in [1.165, 1.54) is 16.2 Å². The minimum Gasteiger partial charge on any atom is -0.481 e. The lowest BCUT2D eigenvalue weighted by molar-refractivity contribution is -0.146. The molecule has 0 aliphatic heterocycles. The molecule has 4 rings (SSSR count). The summed E-state index contributed by atoms with van der Waals surface area (Å²) in [6.07, 6.45) is 7.96. The Balaban J connectivity index is 1.57. The van der Waals surface area contributed by atoms with Crippen LogP contribution in [0.1, 0.15) is 79.6 Å². The van der Waals surface area contributed by atoms with Crippen molar-refractivity contribution in [3.8, 4) is 0 Å². The number of allylic oxidation sites excluding steroid dienone is 2. The molecule has 162 valence electrons. The SMILES string of the molecule is CC1=C(C)C[C@@H](C(=O)Nc2sc3c(c2C(=O)NC2CCCC2)CCC3)[C@H](C(=O)O)C1. The molecule has 1 heterocycles. The van der Waals surface area contributed by atoms with E-state index >= 15 is 0 Å². The Bertz CT molecular complexity index is 911. The highest BCUT2D eigenvalue weighted by Crippen LogP contribution is 2.41. The number of anilines is 1. The maximum atomic E-state index is 13.2. The van der Waals surface area contributed by atoms with E-state index in [-0.39, 0.29) is 17.9 Å². The van der Waals surface area contributed by atoms with Gasteiger partial charge in [-0.25, -0.2) is 0 Å². The number of carbonyl (C=O) groups is 3. The van der Waals surface area contributed by atoms with Gasteiger partial charge in [0.25, 0.3) is 5.91 Å². The van der Waals surface area contributed by atoms with Gasteiger partial charge in [-0.05, 0) is 64.4 Å². The van der Waals surface area contributed by atoms with Crippen LogP contribution in [0.4, 0.5) is 5.00 Å². The van der Waals surface area contributed by atoms with E-state index in [4.69, 9.17) is 0 Å². The fraction of sp³-hybridized carbons (Fsp3) is 0.609. The highest BCUT2D eigenvalue weighted by Gasteiger charge is 2.38. The molecule has 0 unspecified atom stereocenters. The molecule has 6 nitrogen and oxygen atoms in total. The lowest BCUT2D eigenvalue weighted by Gasteiger charge is -2.29. The van der Waals surface area contributed by atoms with Crippen molar-refractivity contribution < 1.29 is 19.5 Å². The van der Waals surface area contributed by atoms with E-state index in [1.54, 1.807) is 0 Å². The van der Waals surface area contributed by atoms with Crippen LogP contribution in [0.3, 0.4) is 0 Å². The summed E-state index contributed by atoms with van der Waals surface area (Å²) >= 11 is 1.49. The summed E-state index contributed by atoms with van der Waals surface area (Å²) in [7, 11) is 0. The smallest absolute Gasteiger partial charge is 0.307 e. The van der Waals surface area contributed by atoms with Gasteiger partial charge in [-0.2, -0.15) is 0 Å². The van der Waals surface area contributed by atoms with Gasteiger partial charge < -0.3 is 15.7 Å². The molecule has 0 aromatic carbocycles. The number of aryl methyl sites for hydroxylation is 1. The molecule has 0 spiro atoms. The van der Waals surface area contributed by atoms with Crippen molar-refractivity contribution in [1.29, 1.82) is 0 Å². The molecule has 0 radical (unpaired) electrons. The summed E-state index contributed by atoms with van der Waals surface area (Å²) in [5.41, 5.74) is 3.81. The Hall–Kier alpha value is -2.15. The number of hydrogen-bond donors (Lipinski definition) is 3. The molecule has 3 aliphatic carbocycles. The molecule has 1 fully saturated rings. The minimum atomic E-state index is -0.935. The van der Waals surface area contributed by atoms with Crippen LogP contribution in [0, 0.1) is 11.8 Å². The summed E-state index contributed by atoms with van der Waals surface area (Å²) in [6, 6.07) is 0.212. The monoisotopic (exact) mass is 430 g/mol.